The molecule has 0 heterocycles. The van der Waals surface area contributed by atoms with Crippen LogP contribution in [-0.2, 0) is 14.4 Å². The average molecular weight is 401 g/mol. The van der Waals surface area contributed by atoms with E-state index in [0.717, 1.165) is 12.2 Å². The number of anilines is 1. The first-order chi connectivity index (χ1) is 12.4. The zero-order valence-electron chi connectivity index (χ0n) is 15.4. The van der Waals surface area contributed by atoms with Gasteiger partial charge < -0.3 is 25.1 Å². The molecule has 28 heavy (non-hydrogen) atoms. The fourth-order valence-electron chi connectivity index (χ4n) is 1.95. The maximum atomic E-state index is 11.8. The van der Waals surface area contributed by atoms with Gasteiger partial charge in [0.25, 0.3) is 5.91 Å². The molecule has 9 nitrogen and oxygen atoms in total. The largest absolute Gasteiger partial charge is 1.00 e. The first-order valence-corrected chi connectivity index (χ1v) is 7.44. The number of carboxylic acids is 2. The Hall–Kier alpha value is -1.75. The molecule has 0 spiro atoms. The minimum absolute atomic E-state index is 0. The zero-order chi connectivity index (χ0) is 19.1. The number of nitrogens with one attached hydrogen (secondary N) is 2. The van der Waals surface area contributed by atoms with E-state index in [4.69, 9.17) is 0 Å². The van der Waals surface area contributed by atoms with Crippen molar-refractivity contribution in [2.45, 2.75) is 6.42 Å². The molecule has 0 saturated carbocycles. The third-order valence-electron chi connectivity index (χ3n) is 3.26. The Kier molecular flexibility index (Phi) is 11.9. The molecule has 1 aliphatic rings. The van der Waals surface area contributed by atoms with Crippen molar-refractivity contribution >= 4 is 35.0 Å². The average Bonchev–Trinajstić information content (AvgIpc) is 2.60. The standard InChI is InChI=1S/C17H15N3O6.2Na/c21-14-6-5-12(9-13(14)17(25)26)20-19-11-3-1-10(2-4-11)16(24)18-8-7-15(22)23;;/h1-6,9,19H,7-8H2,(H,18,24)(H,22,23)(H,25,26);;/q;2*+1/p-2/b20-12-;;. The van der Waals surface area contributed by atoms with Gasteiger partial charge in [-0.1, -0.05) is 0 Å². The molecule has 1 amide bonds. The molecule has 0 saturated heterocycles. The van der Waals surface area contributed by atoms with Crippen molar-refractivity contribution in [3.8, 4) is 0 Å². The number of hydrogen-bond donors (Lipinski definition) is 2. The van der Waals surface area contributed by atoms with Crippen LogP contribution in [0, 0.1) is 0 Å². The van der Waals surface area contributed by atoms with Gasteiger partial charge in [0.15, 0.2) is 5.78 Å². The van der Waals surface area contributed by atoms with Crippen molar-refractivity contribution < 1.29 is 88.5 Å². The number of amides is 1. The number of hydrazone groups is 1. The third kappa shape index (κ3) is 8.09. The third-order valence-corrected chi connectivity index (χ3v) is 3.26. The molecule has 1 aliphatic carbocycles. The van der Waals surface area contributed by atoms with Crippen LogP contribution in [0.3, 0.4) is 0 Å². The molecule has 0 fully saturated rings. The van der Waals surface area contributed by atoms with Crippen LogP contribution in [0.2, 0.25) is 0 Å². The summed E-state index contributed by atoms with van der Waals surface area (Å²) < 4.78 is 0. The summed E-state index contributed by atoms with van der Waals surface area (Å²) in [4.78, 5) is 44.2. The molecular weight excluding hydrogens is 388 g/mol. The van der Waals surface area contributed by atoms with Crippen LogP contribution in [0.4, 0.5) is 5.69 Å². The molecule has 11 heteroatoms. The first-order valence-electron chi connectivity index (χ1n) is 7.44. The summed E-state index contributed by atoms with van der Waals surface area (Å²) in [6, 6.07) is 6.11. The number of aliphatic carboxylic acids is 2. The molecule has 1 aromatic rings. The van der Waals surface area contributed by atoms with Gasteiger partial charge in [0.2, 0.25) is 0 Å². The SMILES string of the molecule is O=C([O-])CCNC(=O)c1ccc(N/N=C2/C=CC(=O)C(C(=O)[O-])=C2)cc1.[Na+].[Na+]. The van der Waals surface area contributed by atoms with Crippen LogP contribution in [0.5, 0.6) is 0 Å². The van der Waals surface area contributed by atoms with Crippen molar-refractivity contribution in [3.05, 3.63) is 53.6 Å². The van der Waals surface area contributed by atoms with E-state index in [9.17, 15) is 29.4 Å². The molecular formula is C17H13N3Na2O6. The van der Waals surface area contributed by atoms with Gasteiger partial charge in [-0.2, -0.15) is 5.10 Å². The van der Waals surface area contributed by atoms with Crippen LogP contribution < -0.4 is 80.1 Å². The number of hydrogen-bond acceptors (Lipinski definition) is 8. The number of benzene rings is 1. The van der Waals surface area contributed by atoms with Gasteiger partial charge in [-0.3, -0.25) is 15.0 Å². The van der Waals surface area contributed by atoms with Gasteiger partial charge in [-0.05, 0) is 42.5 Å². The van der Waals surface area contributed by atoms with E-state index in [1.54, 1.807) is 12.1 Å². The first kappa shape index (κ1) is 26.2. The second kappa shape index (κ2) is 12.7. The molecule has 0 radical (unpaired) electrons. The van der Waals surface area contributed by atoms with Crippen LogP contribution in [-0.4, -0.2) is 35.9 Å². The monoisotopic (exact) mass is 401 g/mol. The van der Waals surface area contributed by atoms with Gasteiger partial charge in [-0.15, -0.1) is 0 Å². The van der Waals surface area contributed by atoms with E-state index in [1.807, 2.05) is 0 Å². The quantitative estimate of drug-likeness (QED) is 0.199. The summed E-state index contributed by atoms with van der Waals surface area (Å²) in [5.74, 6) is -3.93. The van der Waals surface area contributed by atoms with E-state index in [1.165, 1.54) is 18.2 Å². The van der Waals surface area contributed by atoms with Crippen LogP contribution >= 0.6 is 0 Å². The minimum Gasteiger partial charge on any atom is -0.550 e. The van der Waals surface area contributed by atoms with Gasteiger partial charge in [-0.25, -0.2) is 0 Å². The molecule has 1 aromatic carbocycles. The smallest absolute Gasteiger partial charge is 0.550 e. The molecule has 0 bridgehead atoms. The predicted octanol–water partition coefficient (Wildman–Crippen LogP) is -7.85. The summed E-state index contributed by atoms with van der Waals surface area (Å²) in [5.41, 5.74) is 3.22. The van der Waals surface area contributed by atoms with Gasteiger partial charge in [0.05, 0.1) is 17.4 Å². The Morgan fingerprint density at radius 3 is 2.21 bits per heavy atom. The van der Waals surface area contributed by atoms with Crippen molar-refractivity contribution in [1.82, 2.24) is 5.32 Å². The van der Waals surface area contributed by atoms with Crippen molar-refractivity contribution in [2.24, 2.45) is 5.10 Å². The normalized spacial score (nSPS) is 13.6. The number of ketones is 1. The summed E-state index contributed by atoms with van der Waals surface area (Å²) in [6.07, 6.45) is 3.23. The Morgan fingerprint density at radius 1 is 1.00 bits per heavy atom. The van der Waals surface area contributed by atoms with E-state index < -0.39 is 29.2 Å². The van der Waals surface area contributed by atoms with Crippen LogP contribution in [0.25, 0.3) is 0 Å². The summed E-state index contributed by atoms with van der Waals surface area (Å²) in [7, 11) is 0. The van der Waals surface area contributed by atoms with Crippen molar-refractivity contribution in [2.75, 3.05) is 12.0 Å². The van der Waals surface area contributed by atoms with Gasteiger partial charge in [0, 0.05) is 30.1 Å². The van der Waals surface area contributed by atoms with Gasteiger partial charge >= 0.3 is 59.1 Å². The number of carbonyl (C=O) groups excluding carboxylic acids is 4. The Balaban J connectivity index is 0.00000364. The summed E-state index contributed by atoms with van der Waals surface area (Å²) in [5, 5.41) is 27.5. The number of rotatable bonds is 7. The molecule has 0 aliphatic heterocycles. The second-order valence-corrected chi connectivity index (χ2v) is 5.15. The molecule has 0 atom stereocenters. The number of carbonyl (C=O) groups is 4. The predicted molar refractivity (Wildman–Crippen MR) is 86.7 cm³/mol. The fraction of sp³-hybridized carbons (Fsp3) is 0.118. The maximum absolute atomic E-state index is 11.8. The summed E-state index contributed by atoms with van der Waals surface area (Å²) >= 11 is 0. The number of carboxylic acid groups (broad SMARTS) is 2. The Morgan fingerprint density at radius 2 is 1.64 bits per heavy atom. The van der Waals surface area contributed by atoms with E-state index >= 15 is 0 Å². The summed E-state index contributed by atoms with van der Waals surface area (Å²) in [6.45, 7) is -0.0347. The number of nitrogens with zero attached hydrogens (tertiary/aromatic N) is 1. The van der Waals surface area contributed by atoms with Crippen molar-refractivity contribution in [3.63, 3.8) is 0 Å². The Bertz CT molecular complexity index is 847. The number of allylic oxidation sites excluding steroid dienone is 3. The molecule has 2 rings (SSSR count). The maximum Gasteiger partial charge on any atom is 1.00 e. The molecule has 134 valence electrons. The molecule has 0 unspecified atom stereocenters. The van der Waals surface area contributed by atoms with Crippen molar-refractivity contribution in [1.29, 1.82) is 0 Å². The van der Waals surface area contributed by atoms with E-state index in [-0.39, 0.29) is 77.8 Å². The fourth-order valence-corrected chi connectivity index (χ4v) is 1.95. The Labute approximate surface area is 204 Å². The second-order valence-electron chi connectivity index (χ2n) is 5.15. The van der Waals surface area contributed by atoms with E-state index in [0.29, 0.717) is 11.3 Å². The van der Waals surface area contributed by atoms with Crippen LogP contribution in [0.1, 0.15) is 16.8 Å². The van der Waals surface area contributed by atoms with E-state index in [2.05, 4.69) is 15.8 Å². The van der Waals surface area contributed by atoms with Crippen LogP contribution in [0.15, 0.2) is 53.2 Å². The zero-order valence-corrected chi connectivity index (χ0v) is 19.4. The van der Waals surface area contributed by atoms with Gasteiger partial charge in [0.1, 0.15) is 0 Å². The topological polar surface area (TPSA) is 151 Å². The minimum atomic E-state index is -1.58. The molecule has 2 N–H and O–H groups in total. The molecule has 0 aromatic heterocycles.